The van der Waals surface area contributed by atoms with Crippen molar-refractivity contribution in [2.45, 2.75) is 39.5 Å². The fourth-order valence-electron chi connectivity index (χ4n) is 1.69. The minimum Gasteiger partial charge on any atom is -0.326 e. The van der Waals surface area contributed by atoms with Gasteiger partial charge < -0.3 is 5.32 Å². The third-order valence-electron chi connectivity index (χ3n) is 2.74. The molecular weight excluding hydrogens is 198 g/mol. The highest BCUT2D eigenvalue weighted by atomic mass is 16.1. The summed E-state index contributed by atoms with van der Waals surface area (Å²) >= 11 is 0. The summed E-state index contributed by atoms with van der Waals surface area (Å²) in [7, 11) is 0. The summed E-state index contributed by atoms with van der Waals surface area (Å²) in [6, 6.07) is 10.3. The van der Waals surface area contributed by atoms with E-state index in [1.54, 1.807) is 6.07 Å². The first-order valence-corrected chi connectivity index (χ1v) is 6.04. The van der Waals surface area contributed by atoms with E-state index in [-0.39, 0.29) is 11.8 Å². The van der Waals surface area contributed by atoms with Gasteiger partial charge in [0.15, 0.2) is 0 Å². The molecule has 1 radical (unpaired) electrons. The first-order chi connectivity index (χ1) is 7.77. The van der Waals surface area contributed by atoms with Crippen LogP contribution in [0.3, 0.4) is 0 Å². The summed E-state index contributed by atoms with van der Waals surface area (Å²) in [6.07, 6.45) is 4.15. The van der Waals surface area contributed by atoms with E-state index in [2.05, 4.69) is 25.2 Å². The zero-order valence-electron chi connectivity index (χ0n) is 10.1. The number of nitrogens with one attached hydrogen (secondary N) is 1. The van der Waals surface area contributed by atoms with Crippen LogP contribution < -0.4 is 5.32 Å². The standard InChI is InChI=1S/C14H20NO/c1-3-5-9-12(4-2)14(16)15-13-10-7-6-8-11-13/h6-7,10-12H,3-5,9H2,1-2H3,(H,15,16). The molecule has 0 saturated carbocycles. The number of carbonyl (C=O) groups is 1. The fraction of sp³-hybridized carbons (Fsp3) is 0.500. The molecule has 1 atom stereocenters. The van der Waals surface area contributed by atoms with Crippen molar-refractivity contribution in [2.24, 2.45) is 5.92 Å². The number of rotatable bonds is 6. The summed E-state index contributed by atoms with van der Waals surface area (Å²) in [6.45, 7) is 4.22. The van der Waals surface area contributed by atoms with Crippen LogP contribution in [-0.2, 0) is 4.79 Å². The van der Waals surface area contributed by atoms with Crippen molar-refractivity contribution in [1.29, 1.82) is 0 Å². The smallest absolute Gasteiger partial charge is 0.227 e. The Morgan fingerprint density at radius 2 is 2.31 bits per heavy atom. The zero-order valence-corrected chi connectivity index (χ0v) is 10.1. The number of benzene rings is 1. The molecule has 0 bridgehead atoms. The maximum absolute atomic E-state index is 11.9. The second-order valence-corrected chi connectivity index (χ2v) is 4.03. The second-order valence-electron chi connectivity index (χ2n) is 4.03. The number of carbonyl (C=O) groups excluding carboxylic acids is 1. The van der Waals surface area contributed by atoms with Crippen molar-refractivity contribution in [1.82, 2.24) is 0 Å². The molecule has 1 amide bonds. The Kier molecular flexibility index (Phi) is 5.62. The molecule has 0 aromatic heterocycles. The van der Waals surface area contributed by atoms with E-state index in [4.69, 9.17) is 0 Å². The lowest BCUT2D eigenvalue weighted by molar-refractivity contribution is -0.120. The molecule has 1 N–H and O–H groups in total. The molecule has 1 aromatic rings. The summed E-state index contributed by atoms with van der Waals surface area (Å²) in [4.78, 5) is 11.9. The number of hydrogen-bond donors (Lipinski definition) is 1. The number of hydrogen-bond acceptors (Lipinski definition) is 1. The molecule has 16 heavy (non-hydrogen) atoms. The third kappa shape index (κ3) is 4.05. The van der Waals surface area contributed by atoms with Crippen LogP contribution in [-0.4, -0.2) is 5.91 Å². The van der Waals surface area contributed by atoms with Crippen LogP contribution in [0.4, 0.5) is 5.69 Å². The molecule has 1 unspecified atom stereocenters. The van der Waals surface area contributed by atoms with Crippen LogP contribution in [0, 0.1) is 12.0 Å². The van der Waals surface area contributed by atoms with Gasteiger partial charge in [-0.25, -0.2) is 0 Å². The zero-order chi connectivity index (χ0) is 11.8. The van der Waals surface area contributed by atoms with Gasteiger partial charge in [0.2, 0.25) is 5.91 Å². The summed E-state index contributed by atoms with van der Waals surface area (Å²) < 4.78 is 0. The Morgan fingerprint density at radius 1 is 1.50 bits per heavy atom. The Balaban J connectivity index is 2.49. The summed E-state index contributed by atoms with van der Waals surface area (Å²) in [5.74, 6) is 0.274. The largest absolute Gasteiger partial charge is 0.326 e. The molecule has 0 aliphatic carbocycles. The van der Waals surface area contributed by atoms with E-state index >= 15 is 0 Å². The fourth-order valence-corrected chi connectivity index (χ4v) is 1.69. The monoisotopic (exact) mass is 218 g/mol. The van der Waals surface area contributed by atoms with E-state index < -0.39 is 0 Å². The van der Waals surface area contributed by atoms with Crippen LogP contribution in [0.15, 0.2) is 24.3 Å². The molecular formula is C14H20NO. The first-order valence-electron chi connectivity index (χ1n) is 6.04. The van der Waals surface area contributed by atoms with Gasteiger partial charge in [0.1, 0.15) is 0 Å². The molecule has 0 heterocycles. The van der Waals surface area contributed by atoms with E-state index in [0.29, 0.717) is 0 Å². The Bertz CT molecular complexity index is 308. The highest BCUT2D eigenvalue weighted by Gasteiger charge is 2.15. The maximum atomic E-state index is 11.9. The Hall–Kier alpha value is -1.31. The van der Waals surface area contributed by atoms with E-state index in [1.165, 1.54) is 0 Å². The molecule has 0 aliphatic heterocycles. The molecule has 2 heteroatoms. The highest BCUT2D eigenvalue weighted by Crippen LogP contribution is 2.15. The van der Waals surface area contributed by atoms with E-state index in [1.807, 2.05) is 18.2 Å². The van der Waals surface area contributed by atoms with Gasteiger partial charge in [0.25, 0.3) is 0 Å². The van der Waals surface area contributed by atoms with Gasteiger partial charge in [-0.15, -0.1) is 0 Å². The van der Waals surface area contributed by atoms with Gasteiger partial charge in [-0.2, -0.15) is 0 Å². The average Bonchev–Trinajstić information content (AvgIpc) is 2.31. The molecule has 0 spiro atoms. The van der Waals surface area contributed by atoms with E-state index in [9.17, 15) is 4.79 Å². The topological polar surface area (TPSA) is 29.1 Å². The van der Waals surface area contributed by atoms with Crippen LogP contribution in [0.25, 0.3) is 0 Å². The number of anilines is 1. The maximum Gasteiger partial charge on any atom is 0.227 e. The van der Waals surface area contributed by atoms with Gasteiger partial charge in [-0.05, 0) is 31.0 Å². The first kappa shape index (κ1) is 12.8. The normalized spacial score (nSPS) is 12.1. The van der Waals surface area contributed by atoms with Gasteiger partial charge in [-0.1, -0.05) is 38.8 Å². The SMILES string of the molecule is CCCCC(CC)C(=O)Nc1c[c]ccc1. The van der Waals surface area contributed by atoms with Crippen molar-refractivity contribution in [3.8, 4) is 0 Å². The van der Waals surface area contributed by atoms with Crippen molar-refractivity contribution in [2.75, 3.05) is 5.32 Å². The van der Waals surface area contributed by atoms with Crippen molar-refractivity contribution in [3.05, 3.63) is 30.3 Å². The van der Waals surface area contributed by atoms with Crippen molar-refractivity contribution < 1.29 is 4.79 Å². The Morgan fingerprint density at radius 3 is 2.88 bits per heavy atom. The lowest BCUT2D eigenvalue weighted by Crippen LogP contribution is -2.22. The van der Waals surface area contributed by atoms with Gasteiger partial charge >= 0.3 is 0 Å². The molecule has 2 nitrogen and oxygen atoms in total. The number of unbranched alkanes of at least 4 members (excludes halogenated alkanes) is 1. The minimum absolute atomic E-state index is 0.135. The van der Waals surface area contributed by atoms with Crippen LogP contribution in [0.2, 0.25) is 0 Å². The van der Waals surface area contributed by atoms with Crippen molar-refractivity contribution >= 4 is 11.6 Å². The van der Waals surface area contributed by atoms with Gasteiger partial charge in [0.05, 0.1) is 0 Å². The molecule has 0 fully saturated rings. The minimum atomic E-state index is 0.135. The number of amides is 1. The second kappa shape index (κ2) is 7.04. The predicted octanol–water partition coefficient (Wildman–Crippen LogP) is 3.64. The molecule has 0 saturated heterocycles. The van der Waals surface area contributed by atoms with E-state index in [0.717, 1.165) is 31.4 Å². The lowest BCUT2D eigenvalue weighted by Gasteiger charge is -2.14. The van der Waals surface area contributed by atoms with Gasteiger partial charge in [0, 0.05) is 11.6 Å². The molecule has 0 aliphatic rings. The highest BCUT2D eigenvalue weighted by molar-refractivity contribution is 5.92. The average molecular weight is 218 g/mol. The van der Waals surface area contributed by atoms with Crippen LogP contribution in [0.5, 0.6) is 0 Å². The molecule has 87 valence electrons. The summed E-state index contributed by atoms with van der Waals surface area (Å²) in [5.41, 5.74) is 0.836. The molecule has 1 aromatic carbocycles. The lowest BCUT2D eigenvalue weighted by atomic mass is 9.98. The molecule has 1 rings (SSSR count). The Labute approximate surface area is 98.1 Å². The third-order valence-corrected chi connectivity index (χ3v) is 2.74. The predicted molar refractivity (Wildman–Crippen MR) is 67.2 cm³/mol. The van der Waals surface area contributed by atoms with Gasteiger partial charge in [-0.3, -0.25) is 4.79 Å². The van der Waals surface area contributed by atoms with Crippen LogP contribution in [0.1, 0.15) is 39.5 Å². The quantitative estimate of drug-likeness (QED) is 0.776. The summed E-state index contributed by atoms with van der Waals surface area (Å²) in [5, 5.41) is 2.93. The van der Waals surface area contributed by atoms with Crippen LogP contribution >= 0.6 is 0 Å². The van der Waals surface area contributed by atoms with Crippen molar-refractivity contribution in [3.63, 3.8) is 0 Å².